The lowest BCUT2D eigenvalue weighted by Crippen LogP contribution is -2.59. The summed E-state index contributed by atoms with van der Waals surface area (Å²) in [6.07, 6.45) is 1.56. The third-order valence-corrected chi connectivity index (χ3v) is 3.94. The second kappa shape index (κ2) is 4.13. The largest absolute Gasteiger partial charge is 0.444 e. The second-order valence-corrected chi connectivity index (χ2v) is 6.40. The molecule has 5 heteroatoms. The van der Waals surface area contributed by atoms with Crippen LogP contribution in [0.5, 0.6) is 0 Å². The highest BCUT2D eigenvalue weighted by molar-refractivity contribution is 5.68. The Morgan fingerprint density at radius 1 is 1.39 bits per heavy atom. The molecule has 0 aromatic carbocycles. The van der Waals surface area contributed by atoms with Crippen LogP contribution in [-0.2, 0) is 4.74 Å². The van der Waals surface area contributed by atoms with Gasteiger partial charge in [-0.25, -0.2) is 4.79 Å². The molecule has 5 nitrogen and oxygen atoms in total. The van der Waals surface area contributed by atoms with Gasteiger partial charge in [-0.15, -0.1) is 0 Å². The smallest absolute Gasteiger partial charge is 0.410 e. The van der Waals surface area contributed by atoms with Gasteiger partial charge < -0.3 is 15.4 Å². The molecule has 0 radical (unpaired) electrons. The second-order valence-electron chi connectivity index (χ2n) is 6.40. The van der Waals surface area contributed by atoms with E-state index < -0.39 is 11.1 Å². The summed E-state index contributed by atoms with van der Waals surface area (Å²) in [7, 11) is 0. The van der Waals surface area contributed by atoms with Gasteiger partial charge in [0.2, 0.25) is 0 Å². The van der Waals surface area contributed by atoms with Crippen LogP contribution in [0.4, 0.5) is 4.79 Å². The zero-order valence-electron chi connectivity index (χ0n) is 11.3. The van der Waals surface area contributed by atoms with Crippen LogP contribution < -0.4 is 5.73 Å². The predicted molar refractivity (Wildman–Crippen MR) is 66.6 cm³/mol. The molecular formula is C13H21N3O2. The molecule has 1 aliphatic heterocycles. The number of piperidine rings is 1. The minimum absolute atomic E-state index is 0.0776. The van der Waals surface area contributed by atoms with Crippen molar-refractivity contribution < 1.29 is 9.53 Å². The Morgan fingerprint density at radius 3 is 2.28 bits per heavy atom. The SMILES string of the molecule is CC(C)(C)OC(=O)N1CC2CCC(C1)C2(N)C#N. The maximum Gasteiger partial charge on any atom is 0.410 e. The van der Waals surface area contributed by atoms with Gasteiger partial charge in [0, 0.05) is 24.9 Å². The van der Waals surface area contributed by atoms with Crippen molar-refractivity contribution in [1.82, 2.24) is 4.90 Å². The molecule has 2 bridgehead atoms. The van der Waals surface area contributed by atoms with Crippen molar-refractivity contribution in [2.45, 2.75) is 44.8 Å². The lowest BCUT2D eigenvalue weighted by molar-refractivity contribution is 0.00914. The van der Waals surface area contributed by atoms with Gasteiger partial charge in [-0.1, -0.05) is 0 Å². The number of ether oxygens (including phenoxy) is 1. The van der Waals surface area contributed by atoms with Gasteiger partial charge >= 0.3 is 6.09 Å². The molecule has 2 atom stereocenters. The highest BCUT2D eigenvalue weighted by Crippen LogP contribution is 2.43. The number of carbonyl (C=O) groups excluding carboxylic acids is 1. The topological polar surface area (TPSA) is 79.3 Å². The van der Waals surface area contributed by atoms with E-state index in [9.17, 15) is 10.1 Å². The number of nitrogens with zero attached hydrogens (tertiary/aromatic N) is 2. The molecule has 2 N–H and O–H groups in total. The average molecular weight is 251 g/mol. The van der Waals surface area contributed by atoms with E-state index in [4.69, 9.17) is 10.5 Å². The van der Waals surface area contributed by atoms with Crippen LogP contribution in [0.1, 0.15) is 33.6 Å². The van der Waals surface area contributed by atoms with Crippen LogP contribution in [0.25, 0.3) is 0 Å². The lowest BCUT2D eigenvalue weighted by Gasteiger charge is -2.41. The maximum atomic E-state index is 12.0. The molecule has 1 amide bonds. The molecule has 18 heavy (non-hydrogen) atoms. The first-order valence-electron chi connectivity index (χ1n) is 6.44. The first-order valence-corrected chi connectivity index (χ1v) is 6.44. The fourth-order valence-electron chi connectivity index (χ4n) is 2.96. The number of amides is 1. The monoisotopic (exact) mass is 251 g/mol. The van der Waals surface area contributed by atoms with Crippen molar-refractivity contribution in [3.8, 4) is 6.07 Å². The molecule has 0 spiro atoms. The normalized spacial score (nSPS) is 35.2. The molecule has 0 aromatic rings. The number of hydrogen-bond donors (Lipinski definition) is 1. The lowest BCUT2D eigenvalue weighted by atomic mass is 9.79. The van der Waals surface area contributed by atoms with E-state index in [-0.39, 0.29) is 17.9 Å². The first kappa shape index (κ1) is 13.2. The third-order valence-electron chi connectivity index (χ3n) is 3.94. The van der Waals surface area contributed by atoms with Gasteiger partial charge in [-0.3, -0.25) is 0 Å². The number of rotatable bonds is 0. The quantitative estimate of drug-likeness (QED) is 0.707. The number of fused-ring (bicyclic) bond motifs is 2. The van der Waals surface area contributed by atoms with Crippen LogP contribution in [0, 0.1) is 23.2 Å². The molecule has 0 aromatic heterocycles. The third kappa shape index (κ3) is 2.17. The molecule has 1 saturated heterocycles. The number of hydrogen-bond acceptors (Lipinski definition) is 4. The first-order chi connectivity index (χ1) is 8.26. The van der Waals surface area contributed by atoms with Crippen molar-refractivity contribution in [3.63, 3.8) is 0 Å². The fourth-order valence-corrected chi connectivity index (χ4v) is 2.96. The molecule has 2 unspecified atom stereocenters. The molecule has 2 fully saturated rings. The predicted octanol–water partition coefficient (Wildman–Crippen LogP) is 1.48. The number of nitriles is 1. The summed E-state index contributed by atoms with van der Waals surface area (Å²) in [5.74, 6) is 0.155. The Hall–Kier alpha value is -1.28. The van der Waals surface area contributed by atoms with Crippen LogP contribution in [0.2, 0.25) is 0 Å². The zero-order chi connectivity index (χ0) is 13.6. The van der Waals surface area contributed by atoms with E-state index in [0.29, 0.717) is 13.1 Å². The van der Waals surface area contributed by atoms with Gasteiger partial charge in [-0.05, 0) is 33.6 Å². The highest BCUT2D eigenvalue weighted by Gasteiger charge is 2.53. The standard InChI is InChI=1S/C13H21N3O2/c1-12(2,3)18-11(17)16-6-9-4-5-10(7-16)13(9,15)8-14/h9-10H,4-7,15H2,1-3H3. The van der Waals surface area contributed by atoms with E-state index in [1.54, 1.807) is 4.90 Å². The maximum absolute atomic E-state index is 12.0. The summed E-state index contributed by atoms with van der Waals surface area (Å²) < 4.78 is 5.37. The van der Waals surface area contributed by atoms with Crippen molar-refractivity contribution >= 4 is 6.09 Å². The van der Waals surface area contributed by atoms with Crippen molar-refractivity contribution in [2.24, 2.45) is 17.6 Å². The van der Waals surface area contributed by atoms with Crippen molar-refractivity contribution in [1.29, 1.82) is 5.26 Å². The van der Waals surface area contributed by atoms with E-state index in [2.05, 4.69) is 6.07 Å². The highest BCUT2D eigenvalue weighted by atomic mass is 16.6. The van der Waals surface area contributed by atoms with Crippen molar-refractivity contribution in [2.75, 3.05) is 13.1 Å². The summed E-state index contributed by atoms with van der Waals surface area (Å²) >= 11 is 0. The number of nitrogens with two attached hydrogens (primary N) is 1. The number of carbonyl (C=O) groups is 1. The number of likely N-dealkylation sites (tertiary alicyclic amines) is 1. The Labute approximate surface area is 108 Å². The molecule has 2 rings (SSSR count). The minimum Gasteiger partial charge on any atom is -0.444 e. The van der Waals surface area contributed by atoms with Crippen LogP contribution in [-0.4, -0.2) is 35.2 Å². The summed E-state index contributed by atoms with van der Waals surface area (Å²) in [6.45, 7) is 6.63. The molecule has 1 heterocycles. The van der Waals surface area contributed by atoms with E-state index in [0.717, 1.165) is 12.8 Å². The van der Waals surface area contributed by atoms with Gasteiger partial charge in [0.15, 0.2) is 0 Å². The van der Waals surface area contributed by atoms with Crippen molar-refractivity contribution in [3.05, 3.63) is 0 Å². The van der Waals surface area contributed by atoms with Crippen LogP contribution in [0.15, 0.2) is 0 Å². The summed E-state index contributed by atoms with van der Waals surface area (Å²) in [4.78, 5) is 13.7. The summed E-state index contributed by atoms with van der Waals surface area (Å²) in [5.41, 5.74) is 4.92. The minimum atomic E-state index is -0.751. The Balaban J connectivity index is 2.06. The van der Waals surface area contributed by atoms with Gasteiger partial charge in [0.1, 0.15) is 11.1 Å². The molecule has 100 valence electrons. The Morgan fingerprint density at radius 2 is 1.89 bits per heavy atom. The van der Waals surface area contributed by atoms with Crippen LogP contribution >= 0.6 is 0 Å². The van der Waals surface area contributed by atoms with E-state index in [1.807, 2.05) is 20.8 Å². The van der Waals surface area contributed by atoms with Gasteiger partial charge in [-0.2, -0.15) is 5.26 Å². The Kier molecular flexibility index (Phi) is 3.02. The van der Waals surface area contributed by atoms with E-state index >= 15 is 0 Å². The molecule has 2 aliphatic rings. The summed E-state index contributed by atoms with van der Waals surface area (Å²) in [5, 5.41) is 9.23. The Bertz CT molecular complexity index is 380. The summed E-state index contributed by atoms with van der Waals surface area (Å²) in [6, 6.07) is 2.25. The zero-order valence-corrected chi connectivity index (χ0v) is 11.3. The van der Waals surface area contributed by atoms with Gasteiger partial charge in [0.05, 0.1) is 6.07 Å². The average Bonchev–Trinajstić information content (AvgIpc) is 2.48. The van der Waals surface area contributed by atoms with E-state index in [1.165, 1.54) is 0 Å². The molecular weight excluding hydrogens is 230 g/mol. The van der Waals surface area contributed by atoms with Gasteiger partial charge in [0.25, 0.3) is 0 Å². The molecule has 1 aliphatic carbocycles. The fraction of sp³-hybridized carbons (Fsp3) is 0.846. The molecule has 1 saturated carbocycles. The van der Waals surface area contributed by atoms with Crippen LogP contribution in [0.3, 0.4) is 0 Å².